The highest BCUT2D eigenvalue weighted by atomic mass is 16.5. The molecule has 0 amide bonds. The molecule has 1 aromatic carbocycles. The minimum absolute atomic E-state index is 0.0339. The number of rotatable bonds is 11. The van der Waals surface area contributed by atoms with Crippen LogP contribution in [0.2, 0.25) is 0 Å². The third kappa shape index (κ3) is 5.81. The molecule has 3 unspecified atom stereocenters. The Bertz CT molecular complexity index is 561. The SMILES string of the molecule is CCOc1cc(OCC)c(OCC)c(C(C)C(C)CC(N)C(=O)O)c1. The first kappa shape index (κ1) is 21.1. The summed E-state index contributed by atoms with van der Waals surface area (Å²) in [7, 11) is 0. The second kappa shape index (κ2) is 10.1. The predicted octanol–water partition coefficient (Wildman–Crippen LogP) is 3.42. The van der Waals surface area contributed by atoms with Crippen LogP contribution in [0.4, 0.5) is 0 Å². The predicted molar refractivity (Wildman–Crippen MR) is 97.8 cm³/mol. The molecule has 1 rings (SSSR count). The average Bonchev–Trinajstić information content (AvgIpc) is 2.56. The van der Waals surface area contributed by atoms with Gasteiger partial charge in [-0.15, -0.1) is 0 Å². The van der Waals surface area contributed by atoms with Gasteiger partial charge in [-0.3, -0.25) is 4.79 Å². The van der Waals surface area contributed by atoms with E-state index in [1.54, 1.807) is 0 Å². The molecule has 0 aromatic heterocycles. The van der Waals surface area contributed by atoms with E-state index in [0.717, 1.165) is 5.56 Å². The van der Waals surface area contributed by atoms with Gasteiger partial charge < -0.3 is 25.1 Å². The number of ether oxygens (including phenoxy) is 3. The van der Waals surface area contributed by atoms with E-state index in [4.69, 9.17) is 25.1 Å². The number of hydrogen-bond acceptors (Lipinski definition) is 5. The fraction of sp³-hybridized carbons (Fsp3) is 0.632. The monoisotopic (exact) mass is 353 g/mol. The number of hydrogen-bond donors (Lipinski definition) is 2. The summed E-state index contributed by atoms with van der Waals surface area (Å²) in [6, 6.07) is 2.90. The molecule has 0 heterocycles. The van der Waals surface area contributed by atoms with E-state index < -0.39 is 12.0 Å². The molecule has 142 valence electrons. The lowest BCUT2D eigenvalue weighted by Crippen LogP contribution is -2.32. The van der Waals surface area contributed by atoms with Gasteiger partial charge in [0.15, 0.2) is 11.5 Å². The van der Waals surface area contributed by atoms with Crippen molar-refractivity contribution in [2.75, 3.05) is 19.8 Å². The molecule has 0 saturated carbocycles. The molecule has 0 aliphatic heterocycles. The van der Waals surface area contributed by atoms with Gasteiger partial charge in [0.2, 0.25) is 0 Å². The van der Waals surface area contributed by atoms with Gasteiger partial charge >= 0.3 is 5.97 Å². The molecule has 25 heavy (non-hydrogen) atoms. The first-order valence-corrected chi connectivity index (χ1v) is 8.90. The molecule has 6 nitrogen and oxygen atoms in total. The Hall–Kier alpha value is -1.95. The van der Waals surface area contributed by atoms with E-state index >= 15 is 0 Å². The molecule has 0 bridgehead atoms. The number of nitrogens with two attached hydrogens (primary N) is 1. The first-order valence-electron chi connectivity index (χ1n) is 8.90. The molecule has 0 radical (unpaired) electrons. The van der Waals surface area contributed by atoms with Crippen molar-refractivity contribution in [2.24, 2.45) is 11.7 Å². The van der Waals surface area contributed by atoms with E-state index in [-0.39, 0.29) is 11.8 Å². The van der Waals surface area contributed by atoms with Crippen molar-refractivity contribution in [1.82, 2.24) is 0 Å². The average molecular weight is 353 g/mol. The number of aliphatic carboxylic acids is 1. The van der Waals surface area contributed by atoms with Crippen LogP contribution in [0.5, 0.6) is 17.2 Å². The van der Waals surface area contributed by atoms with Crippen molar-refractivity contribution in [3.63, 3.8) is 0 Å². The Balaban J connectivity index is 3.25. The molecule has 0 spiro atoms. The van der Waals surface area contributed by atoms with Crippen LogP contribution in [0.3, 0.4) is 0 Å². The van der Waals surface area contributed by atoms with Gasteiger partial charge in [-0.05, 0) is 45.1 Å². The minimum Gasteiger partial charge on any atom is -0.494 e. The van der Waals surface area contributed by atoms with Crippen molar-refractivity contribution in [3.05, 3.63) is 17.7 Å². The van der Waals surface area contributed by atoms with Gasteiger partial charge in [0.1, 0.15) is 11.8 Å². The van der Waals surface area contributed by atoms with Crippen LogP contribution in [0, 0.1) is 5.92 Å². The summed E-state index contributed by atoms with van der Waals surface area (Å²) in [6.45, 7) is 11.4. The van der Waals surface area contributed by atoms with Crippen LogP contribution in [0.1, 0.15) is 52.5 Å². The quantitative estimate of drug-likeness (QED) is 0.633. The summed E-state index contributed by atoms with van der Waals surface area (Å²) >= 11 is 0. The molecule has 6 heteroatoms. The van der Waals surface area contributed by atoms with Crippen LogP contribution >= 0.6 is 0 Å². The maximum atomic E-state index is 11.1. The second-order valence-electron chi connectivity index (χ2n) is 6.09. The van der Waals surface area contributed by atoms with Gasteiger partial charge in [0.25, 0.3) is 0 Å². The lowest BCUT2D eigenvalue weighted by molar-refractivity contribution is -0.138. The fourth-order valence-electron chi connectivity index (χ4n) is 2.76. The highest BCUT2D eigenvalue weighted by Crippen LogP contribution is 2.42. The smallest absolute Gasteiger partial charge is 0.320 e. The molecule has 3 atom stereocenters. The Kier molecular flexibility index (Phi) is 8.55. The molecular weight excluding hydrogens is 322 g/mol. The molecule has 0 aliphatic rings. The summed E-state index contributed by atoms with van der Waals surface area (Å²) in [4.78, 5) is 11.1. The Morgan fingerprint density at radius 3 is 2.20 bits per heavy atom. The normalized spacial score (nSPS) is 14.5. The minimum atomic E-state index is -0.984. The van der Waals surface area contributed by atoms with Gasteiger partial charge in [-0.2, -0.15) is 0 Å². The zero-order valence-corrected chi connectivity index (χ0v) is 15.9. The summed E-state index contributed by atoms with van der Waals surface area (Å²) in [5.74, 6) is 1.15. The Morgan fingerprint density at radius 1 is 1.08 bits per heavy atom. The van der Waals surface area contributed by atoms with Crippen molar-refractivity contribution < 1.29 is 24.1 Å². The first-order chi connectivity index (χ1) is 11.8. The summed E-state index contributed by atoms with van der Waals surface area (Å²) in [6.07, 6.45) is 0.380. The van der Waals surface area contributed by atoms with Gasteiger partial charge in [-0.25, -0.2) is 0 Å². The molecular formula is C19H31NO5. The van der Waals surface area contributed by atoms with Gasteiger partial charge in [-0.1, -0.05) is 13.8 Å². The Labute approximate surface area is 150 Å². The summed E-state index contributed by atoms with van der Waals surface area (Å²) < 4.78 is 17.3. The van der Waals surface area contributed by atoms with Crippen LogP contribution in [0.15, 0.2) is 12.1 Å². The summed E-state index contributed by atoms with van der Waals surface area (Å²) in [5.41, 5.74) is 6.65. The highest BCUT2D eigenvalue weighted by Gasteiger charge is 2.26. The van der Waals surface area contributed by atoms with Gasteiger partial charge in [0, 0.05) is 11.6 Å². The highest BCUT2D eigenvalue weighted by molar-refractivity contribution is 5.73. The number of benzene rings is 1. The summed E-state index contributed by atoms with van der Waals surface area (Å²) in [5, 5.41) is 9.06. The standard InChI is InChI=1S/C19H31NO5/c1-6-23-14-10-15(13(5)12(4)9-16(20)19(21)22)18(25-8-3)17(11-14)24-7-2/h10-13,16H,6-9,20H2,1-5H3,(H,21,22). The molecule has 0 saturated heterocycles. The maximum absolute atomic E-state index is 11.1. The van der Waals surface area contributed by atoms with Crippen molar-refractivity contribution in [1.29, 1.82) is 0 Å². The second-order valence-corrected chi connectivity index (χ2v) is 6.09. The third-order valence-electron chi connectivity index (χ3n) is 4.24. The number of carboxylic acids is 1. The van der Waals surface area contributed by atoms with Crippen molar-refractivity contribution in [3.8, 4) is 17.2 Å². The van der Waals surface area contributed by atoms with Crippen LogP contribution in [-0.2, 0) is 4.79 Å². The lowest BCUT2D eigenvalue weighted by atomic mass is 9.84. The molecule has 0 aliphatic carbocycles. The van der Waals surface area contributed by atoms with Crippen LogP contribution < -0.4 is 19.9 Å². The van der Waals surface area contributed by atoms with E-state index in [1.165, 1.54) is 0 Å². The third-order valence-corrected chi connectivity index (χ3v) is 4.24. The Morgan fingerprint density at radius 2 is 1.68 bits per heavy atom. The van der Waals surface area contributed by atoms with E-state index in [2.05, 4.69) is 0 Å². The van der Waals surface area contributed by atoms with Crippen LogP contribution in [-0.4, -0.2) is 36.9 Å². The maximum Gasteiger partial charge on any atom is 0.320 e. The molecule has 3 N–H and O–H groups in total. The van der Waals surface area contributed by atoms with Crippen molar-refractivity contribution >= 4 is 5.97 Å². The lowest BCUT2D eigenvalue weighted by Gasteiger charge is -2.26. The molecule has 1 aromatic rings. The topological polar surface area (TPSA) is 91.0 Å². The van der Waals surface area contributed by atoms with E-state index in [0.29, 0.717) is 43.5 Å². The largest absolute Gasteiger partial charge is 0.494 e. The van der Waals surface area contributed by atoms with Crippen LogP contribution in [0.25, 0.3) is 0 Å². The van der Waals surface area contributed by atoms with Gasteiger partial charge in [0.05, 0.1) is 19.8 Å². The fourth-order valence-corrected chi connectivity index (χ4v) is 2.76. The number of carboxylic acid groups (broad SMARTS) is 1. The number of carbonyl (C=O) groups is 1. The molecule has 0 fully saturated rings. The van der Waals surface area contributed by atoms with Crippen molar-refractivity contribution in [2.45, 2.75) is 53.0 Å². The van der Waals surface area contributed by atoms with E-state index in [9.17, 15) is 4.79 Å². The zero-order valence-electron chi connectivity index (χ0n) is 15.9. The zero-order chi connectivity index (χ0) is 19.0. The van der Waals surface area contributed by atoms with E-state index in [1.807, 2.05) is 46.8 Å².